The van der Waals surface area contributed by atoms with E-state index >= 15 is 0 Å². The quantitative estimate of drug-likeness (QED) is 0.635. The van der Waals surface area contributed by atoms with Gasteiger partial charge in [0.25, 0.3) is 5.91 Å². The molecule has 0 atom stereocenters. The van der Waals surface area contributed by atoms with Gasteiger partial charge in [-0.25, -0.2) is 14.3 Å². The van der Waals surface area contributed by atoms with Crippen molar-refractivity contribution in [2.75, 3.05) is 13.7 Å². The molecule has 1 aromatic heterocycles. The Labute approximate surface area is 173 Å². The third-order valence-electron chi connectivity index (χ3n) is 4.55. The van der Waals surface area contributed by atoms with E-state index < -0.39 is 24.5 Å². The maximum absolute atomic E-state index is 12.7. The number of ether oxygens (including phenoxy) is 1. The first kappa shape index (κ1) is 20.8. The molecule has 0 aliphatic heterocycles. The Hall–Kier alpha value is -3.94. The van der Waals surface area contributed by atoms with Crippen LogP contribution in [0.2, 0.25) is 0 Å². The molecule has 8 nitrogen and oxygen atoms in total. The van der Waals surface area contributed by atoms with Crippen LogP contribution in [0.3, 0.4) is 0 Å². The van der Waals surface area contributed by atoms with Crippen LogP contribution < -0.4 is 10.6 Å². The molecule has 0 unspecified atom stereocenters. The highest BCUT2D eigenvalue weighted by molar-refractivity contribution is 5.99. The Morgan fingerprint density at radius 2 is 1.77 bits per heavy atom. The van der Waals surface area contributed by atoms with Crippen molar-refractivity contribution in [1.82, 2.24) is 20.4 Å². The van der Waals surface area contributed by atoms with E-state index in [2.05, 4.69) is 10.4 Å². The molecule has 0 aliphatic carbocycles. The average molecular weight is 406 g/mol. The van der Waals surface area contributed by atoms with Gasteiger partial charge < -0.3 is 10.1 Å². The molecule has 2 aromatic carbocycles. The van der Waals surface area contributed by atoms with Gasteiger partial charge in [0.1, 0.15) is 11.3 Å². The zero-order valence-corrected chi connectivity index (χ0v) is 16.9. The van der Waals surface area contributed by atoms with E-state index in [0.717, 1.165) is 22.4 Å². The van der Waals surface area contributed by atoms with Crippen LogP contribution in [0.5, 0.6) is 0 Å². The molecule has 154 valence electrons. The van der Waals surface area contributed by atoms with Crippen LogP contribution in [0.1, 0.15) is 21.5 Å². The number of aromatic nitrogens is 2. The van der Waals surface area contributed by atoms with Gasteiger partial charge in [-0.1, -0.05) is 30.3 Å². The molecule has 3 amide bonds. The Morgan fingerprint density at radius 3 is 2.43 bits per heavy atom. The molecule has 3 rings (SSSR count). The Kier molecular flexibility index (Phi) is 6.26. The zero-order chi connectivity index (χ0) is 21.7. The van der Waals surface area contributed by atoms with Crippen molar-refractivity contribution in [2.24, 2.45) is 0 Å². The van der Waals surface area contributed by atoms with Crippen molar-refractivity contribution in [2.45, 2.75) is 13.8 Å². The van der Waals surface area contributed by atoms with E-state index in [-0.39, 0.29) is 5.56 Å². The minimum absolute atomic E-state index is 0.217. The molecule has 0 bridgehead atoms. The lowest BCUT2D eigenvalue weighted by Gasteiger charge is -2.07. The summed E-state index contributed by atoms with van der Waals surface area (Å²) in [5, 5.41) is 8.88. The highest BCUT2D eigenvalue weighted by Crippen LogP contribution is 2.26. The van der Waals surface area contributed by atoms with E-state index in [0.29, 0.717) is 5.69 Å². The van der Waals surface area contributed by atoms with E-state index in [9.17, 15) is 14.4 Å². The standard InChI is InChI=1S/C22H22N4O4/c1-14-9-10-16(11-15(14)2)20-18(12-26(25-20)17-7-5-4-6-8-17)21(28)30-13-19(27)24-22(29)23-3/h4-12H,13H2,1-3H3,(H2,23,24,27,29). The molecular weight excluding hydrogens is 384 g/mol. The molecule has 30 heavy (non-hydrogen) atoms. The van der Waals surface area contributed by atoms with Gasteiger partial charge in [-0.15, -0.1) is 0 Å². The van der Waals surface area contributed by atoms with Gasteiger partial charge in [0.15, 0.2) is 6.61 Å². The molecule has 0 fully saturated rings. The average Bonchev–Trinajstić information content (AvgIpc) is 3.20. The molecule has 0 saturated heterocycles. The van der Waals surface area contributed by atoms with Crippen molar-refractivity contribution < 1.29 is 19.1 Å². The number of imide groups is 1. The summed E-state index contributed by atoms with van der Waals surface area (Å²) >= 11 is 0. The zero-order valence-electron chi connectivity index (χ0n) is 16.9. The second-order valence-electron chi connectivity index (χ2n) is 6.67. The number of rotatable bonds is 5. The van der Waals surface area contributed by atoms with Crippen LogP contribution in [0.4, 0.5) is 4.79 Å². The van der Waals surface area contributed by atoms with Gasteiger partial charge in [0.2, 0.25) is 0 Å². The number of hydrogen-bond acceptors (Lipinski definition) is 5. The summed E-state index contributed by atoms with van der Waals surface area (Å²) in [6.45, 7) is 3.39. The molecule has 0 saturated carbocycles. The minimum atomic E-state index is -0.731. The largest absolute Gasteiger partial charge is 0.452 e. The normalized spacial score (nSPS) is 10.4. The minimum Gasteiger partial charge on any atom is -0.452 e. The molecule has 1 heterocycles. The number of urea groups is 1. The summed E-state index contributed by atoms with van der Waals surface area (Å²) in [5.74, 6) is -1.44. The smallest absolute Gasteiger partial charge is 0.342 e. The summed E-state index contributed by atoms with van der Waals surface area (Å²) < 4.78 is 6.71. The van der Waals surface area contributed by atoms with Crippen LogP contribution in [0.25, 0.3) is 16.9 Å². The van der Waals surface area contributed by atoms with Crippen molar-refractivity contribution in [3.63, 3.8) is 0 Å². The maximum Gasteiger partial charge on any atom is 0.342 e. The number of amides is 3. The predicted octanol–water partition coefficient (Wildman–Crippen LogP) is 2.77. The summed E-state index contributed by atoms with van der Waals surface area (Å²) in [4.78, 5) is 35.7. The van der Waals surface area contributed by atoms with E-state index in [1.807, 2.05) is 67.7 Å². The predicted molar refractivity (Wildman–Crippen MR) is 111 cm³/mol. The van der Waals surface area contributed by atoms with E-state index in [1.165, 1.54) is 7.05 Å². The van der Waals surface area contributed by atoms with Crippen LogP contribution in [0.15, 0.2) is 54.7 Å². The maximum atomic E-state index is 12.7. The summed E-state index contributed by atoms with van der Waals surface area (Å²) in [6, 6.07) is 14.5. The molecule has 2 N–H and O–H groups in total. The molecule has 3 aromatic rings. The Balaban J connectivity index is 1.92. The topological polar surface area (TPSA) is 102 Å². The van der Waals surface area contributed by atoms with Gasteiger partial charge in [-0.3, -0.25) is 10.1 Å². The van der Waals surface area contributed by atoms with Gasteiger partial charge in [-0.05, 0) is 43.2 Å². The monoisotopic (exact) mass is 406 g/mol. The van der Waals surface area contributed by atoms with E-state index in [4.69, 9.17) is 4.74 Å². The second-order valence-corrected chi connectivity index (χ2v) is 6.67. The van der Waals surface area contributed by atoms with Gasteiger partial charge in [0.05, 0.1) is 5.69 Å². The molecule has 0 radical (unpaired) electrons. The van der Waals surface area contributed by atoms with Gasteiger partial charge in [-0.2, -0.15) is 5.10 Å². The first-order chi connectivity index (χ1) is 14.4. The highest BCUT2D eigenvalue weighted by Gasteiger charge is 2.21. The van der Waals surface area contributed by atoms with Crippen LogP contribution in [-0.4, -0.2) is 41.3 Å². The van der Waals surface area contributed by atoms with Crippen LogP contribution in [-0.2, 0) is 9.53 Å². The lowest BCUT2D eigenvalue weighted by molar-refractivity contribution is -0.123. The molecular formula is C22H22N4O4. The van der Waals surface area contributed by atoms with Crippen LogP contribution in [0, 0.1) is 13.8 Å². The number of para-hydroxylation sites is 1. The van der Waals surface area contributed by atoms with Crippen molar-refractivity contribution >= 4 is 17.9 Å². The third kappa shape index (κ3) is 4.72. The first-order valence-electron chi connectivity index (χ1n) is 9.30. The number of nitrogens with one attached hydrogen (secondary N) is 2. The number of carbonyl (C=O) groups excluding carboxylic acids is 3. The second kappa shape index (κ2) is 9.04. The summed E-state index contributed by atoms with van der Waals surface area (Å²) in [7, 11) is 1.38. The number of hydrogen-bond donors (Lipinski definition) is 2. The van der Waals surface area contributed by atoms with Crippen molar-refractivity contribution in [3.05, 3.63) is 71.4 Å². The fourth-order valence-electron chi connectivity index (χ4n) is 2.77. The van der Waals surface area contributed by atoms with Gasteiger partial charge in [0, 0.05) is 18.8 Å². The van der Waals surface area contributed by atoms with Gasteiger partial charge >= 0.3 is 12.0 Å². The lowest BCUT2D eigenvalue weighted by atomic mass is 10.0. The lowest BCUT2D eigenvalue weighted by Crippen LogP contribution is -2.39. The number of nitrogens with zero attached hydrogens (tertiary/aromatic N) is 2. The fourth-order valence-corrected chi connectivity index (χ4v) is 2.77. The van der Waals surface area contributed by atoms with E-state index in [1.54, 1.807) is 10.9 Å². The SMILES string of the molecule is CNC(=O)NC(=O)COC(=O)c1cn(-c2ccccc2)nc1-c1ccc(C)c(C)c1. The van der Waals surface area contributed by atoms with Crippen molar-refractivity contribution in [1.29, 1.82) is 0 Å². The Morgan fingerprint density at radius 1 is 1.03 bits per heavy atom. The highest BCUT2D eigenvalue weighted by atomic mass is 16.5. The number of esters is 1. The van der Waals surface area contributed by atoms with Crippen molar-refractivity contribution in [3.8, 4) is 16.9 Å². The third-order valence-corrected chi connectivity index (χ3v) is 4.55. The first-order valence-corrected chi connectivity index (χ1v) is 9.30. The number of benzene rings is 2. The summed E-state index contributed by atoms with van der Waals surface area (Å²) in [6.07, 6.45) is 1.57. The van der Waals surface area contributed by atoms with Crippen LogP contribution >= 0.6 is 0 Å². The number of carbonyl (C=O) groups is 3. The fraction of sp³-hybridized carbons (Fsp3) is 0.182. The molecule has 0 aliphatic rings. The number of aryl methyl sites for hydroxylation is 2. The molecule has 8 heteroatoms. The summed E-state index contributed by atoms with van der Waals surface area (Å²) in [5.41, 5.74) is 4.38. The Bertz CT molecular complexity index is 1090. The molecule has 0 spiro atoms.